The summed E-state index contributed by atoms with van der Waals surface area (Å²) >= 11 is 0. The zero-order chi connectivity index (χ0) is 17.4. The maximum Gasteiger partial charge on any atom is 0.223 e. The van der Waals surface area contributed by atoms with Crippen molar-refractivity contribution in [2.45, 2.75) is 37.4 Å². The van der Waals surface area contributed by atoms with E-state index in [1.54, 1.807) is 0 Å². The summed E-state index contributed by atoms with van der Waals surface area (Å²) in [5.41, 5.74) is 5.93. The Kier molecular flexibility index (Phi) is 8.42. The van der Waals surface area contributed by atoms with E-state index in [-0.39, 0.29) is 44.3 Å². The lowest BCUT2D eigenvalue weighted by molar-refractivity contribution is -0.132. The van der Waals surface area contributed by atoms with Gasteiger partial charge < -0.3 is 36.8 Å². The number of rotatable bonds is 8. The first-order valence-corrected chi connectivity index (χ1v) is 7.74. The molecule has 1 aliphatic carbocycles. The van der Waals surface area contributed by atoms with Gasteiger partial charge in [-0.15, -0.1) is 0 Å². The fourth-order valence-electron chi connectivity index (χ4n) is 2.73. The van der Waals surface area contributed by atoms with E-state index in [9.17, 15) is 9.59 Å². The van der Waals surface area contributed by atoms with E-state index in [0.29, 0.717) is 19.3 Å². The van der Waals surface area contributed by atoms with Crippen LogP contribution in [0.4, 0.5) is 0 Å². The first-order chi connectivity index (χ1) is 10.9. The number of aliphatic hydroxyl groups excluding tert-OH is 4. The average Bonchev–Trinajstić information content (AvgIpc) is 2.56. The van der Waals surface area contributed by atoms with Gasteiger partial charge in [-0.25, -0.2) is 0 Å². The molecule has 2 unspecified atom stereocenters. The van der Waals surface area contributed by atoms with E-state index in [4.69, 9.17) is 26.2 Å². The van der Waals surface area contributed by atoms with Gasteiger partial charge in [-0.3, -0.25) is 9.59 Å². The Hall–Kier alpha value is -1.26. The van der Waals surface area contributed by atoms with E-state index in [0.717, 1.165) is 0 Å². The van der Waals surface area contributed by atoms with Crippen LogP contribution in [0.3, 0.4) is 0 Å². The molecular weight excluding hydrogens is 306 g/mol. The van der Waals surface area contributed by atoms with Gasteiger partial charge in [-0.2, -0.15) is 0 Å². The molecule has 8 N–H and O–H groups in total. The smallest absolute Gasteiger partial charge is 0.223 e. The third-order valence-electron chi connectivity index (χ3n) is 4.06. The maximum absolute atomic E-state index is 12.2. The zero-order valence-corrected chi connectivity index (χ0v) is 13.0. The first-order valence-electron chi connectivity index (χ1n) is 7.74. The molecule has 9 nitrogen and oxygen atoms in total. The lowest BCUT2D eigenvalue weighted by Crippen LogP contribution is -2.50. The van der Waals surface area contributed by atoms with Crippen molar-refractivity contribution in [3.05, 3.63) is 0 Å². The Morgan fingerprint density at radius 3 is 1.48 bits per heavy atom. The third kappa shape index (κ3) is 6.04. The fourth-order valence-corrected chi connectivity index (χ4v) is 2.73. The van der Waals surface area contributed by atoms with Gasteiger partial charge in [0.1, 0.15) is 0 Å². The van der Waals surface area contributed by atoms with E-state index in [2.05, 4.69) is 10.6 Å². The second-order valence-electron chi connectivity index (χ2n) is 6.00. The Bertz CT molecular complexity index is 353. The number of carbonyl (C=O) groups is 2. The molecule has 1 aliphatic rings. The summed E-state index contributed by atoms with van der Waals surface area (Å²) in [7, 11) is 0. The minimum atomic E-state index is -0.735. The van der Waals surface area contributed by atoms with Crippen molar-refractivity contribution < 1.29 is 30.0 Å². The minimum absolute atomic E-state index is 0.290. The van der Waals surface area contributed by atoms with Crippen LogP contribution in [0, 0.1) is 11.8 Å². The molecule has 0 aliphatic heterocycles. The summed E-state index contributed by atoms with van der Waals surface area (Å²) in [6.45, 7) is -1.50. The van der Waals surface area contributed by atoms with Crippen molar-refractivity contribution in [3.8, 4) is 0 Å². The molecule has 0 aromatic carbocycles. The van der Waals surface area contributed by atoms with E-state index in [1.807, 2.05) is 0 Å². The molecular formula is C14H27N3O6. The molecule has 0 radical (unpaired) electrons. The summed E-state index contributed by atoms with van der Waals surface area (Å²) in [5, 5.41) is 41.1. The van der Waals surface area contributed by atoms with Crippen LogP contribution in [-0.2, 0) is 9.59 Å². The van der Waals surface area contributed by atoms with Crippen LogP contribution < -0.4 is 16.4 Å². The lowest BCUT2D eigenvalue weighted by Gasteiger charge is -2.33. The Morgan fingerprint density at radius 1 is 0.826 bits per heavy atom. The number of hydrogen-bond donors (Lipinski definition) is 7. The van der Waals surface area contributed by atoms with E-state index >= 15 is 0 Å². The van der Waals surface area contributed by atoms with Crippen molar-refractivity contribution in [2.75, 3.05) is 26.4 Å². The van der Waals surface area contributed by atoms with Crippen LogP contribution in [0.5, 0.6) is 0 Å². The molecule has 0 heterocycles. The number of amides is 2. The summed E-state index contributed by atoms with van der Waals surface area (Å²) < 4.78 is 0. The number of aliphatic hydroxyl groups is 4. The summed E-state index contributed by atoms with van der Waals surface area (Å²) in [5.74, 6) is -1.69. The van der Waals surface area contributed by atoms with Gasteiger partial charge >= 0.3 is 0 Å². The van der Waals surface area contributed by atoms with Crippen LogP contribution in [0.2, 0.25) is 0 Å². The second-order valence-corrected chi connectivity index (χ2v) is 6.00. The van der Waals surface area contributed by atoms with Gasteiger partial charge in [0.25, 0.3) is 0 Å². The molecule has 9 heteroatoms. The molecule has 0 saturated heterocycles. The highest BCUT2D eigenvalue weighted by molar-refractivity contribution is 5.83. The standard InChI is InChI=1S/C14H27N3O6/c15-10-2-8(13(22)16-11(4-18)5-19)1-9(3-10)14(23)17-12(6-20)7-21/h8-12,18-21H,1-7,15H2,(H,16,22)(H,17,23). The lowest BCUT2D eigenvalue weighted by atomic mass is 9.78. The normalized spacial score (nSPS) is 24.7. The van der Waals surface area contributed by atoms with Gasteiger partial charge in [0.05, 0.1) is 38.5 Å². The molecule has 0 spiro atoms. The van der Waals surface area contributed by atoms with Crippen molar-refractivity contribution in [1.82, 2.24) is 10.6 Å². The van der Waals surface area contributed by atoms with Gasteiger partial charge in [-0.1, -0.05) is 0 Å². The van der Waals surface area contributed by atoms with E-state index in [1.165, 1.54) is 0 Å². The average molecular weight is 333 g/mol. The van der Waals surface area contributed by atoms with Crippen molar-refractivity contribution >= 4 is 11.8 Å². The summed E-state index contributed by atoms with van der Waals surface area (Å²) in [6, 6.07) is -1.79. The highest BCUT2D eigenvalue weighted by Gasteiger charge is 2.35. The van der Waals surface area contributed by atoms with Gasteiger partial charge in [0.2, 0.25) is 11.8 Å². The minimum Gasteiger partial charge on any atom is -0.394 e. The Morgan fingerprint density at radius 2 is 1.17 bits per heavy atom. The number of carbonyl (C=O) groups excluding carboxylic acids is 2. The summed E-state index contributed by atoms with van der Waals surface area (Å²) in [6.07, 6.45) is 1.13. The third-order valence-corrected chi connectivity index (χ3v) is 4.06. The molecule has 2 amide bonds. The largest absolute Gasteiger partial charge is 0.394 e. The first kappa shape index (κ1) is 19.8. The summed E-state index contributed by atoms with van der Waals surface area (Å²) in [4.78, 5) is 24.3. The quantitative estimate of drug-likeness (QED) is 0.244. The van der Waals surface area contributed by atoms with E-state index < -0.39 is 23.9 Å². The molecule has 1 saturated carbocycles. The maximum atomic E-state index is 12.2. The molecule has 23 heavy (non-hydrogen) atoms. The van der Waals surface area contributed by atoms with Crippen LogP contribution >= 0.6 is 0 Å². The SMILES string of the molecule is NC1CC(C(=O)NC(CO)CO)CC(C(=O)NC(CO)CO)C1. The van der Waals surface area contributed by atoms with Crippen LogP contribution in [0.25, 0.3) is 0 Å². The molecule has 1 fully saturated rings. The number of nitrogens with one attached hydrogen (secondary N) is 2. The number of hydrogen-bond acceptors (Lipinski definition) is 7. The van der Waals surface area contributed by atoms with Gasteiger partial charge in [0.15, 0.2) is 0 Å². The second kappa shape index (κ2) is 9.78. The molecule has 1 rings (SSSR count). The fraction of sp³-hybridized carbons (Fsp3) is 0.857. The van der Waals surface area contributed by atoms with Crippen molar-refractivity contribution in [1.29, 1.82) is 0 Å². The van der Waals surface area contributed by atoms with Crippen LogP contribution in [0.1, 0.15) is 19.3 Å². The molecule has 0 aromatic rings. The van der Waals surface area contributed by atoms with Crippen molar-refractivity contribution in [2.24, 2.45) is 17.6 Å². The molecule has 0 bridgehead atoms. The highest BCUT2D eigenvalue weighted by atomic mass is 16.3. The van der Waals surface area contributed by atoms with Crippen molar-refractivity contribution in [3.63, 3.8) is 0 Å². The Balaban J connectivity index is 2.64. The topological polar surface area (TPSA) is 165 Å². The highest BCUT2D eigenvalue weighted by Crippen LogP contribution is 2.29. The predicted molar refractivity (Wildman–Crippen MR) is 81.0 cm³/mol. The predicted octanol–water partition coefficient (Wildman–Crippen LogP) is -3.33. The monoisotopic (exact) mass is 333 g/mol. The van der Waals surface area contributed by atoms with Gasteiger partial charge in [-0.05, 0) is 19.3 Å². The molecule has 0 aromatic heterocycles. The number of nitrogens with two attached hydrogens (primary N) is 1. The zero-order valence-electron chi connectivity index (χ0n) is 13.0. The Labute approximate surface area is 134 Å². The molecule has 134 valence electrons. The van der Waals surface area contributed by atoms with Crippen LogP contribution in [0.15, 0.2) is 0 Å². The molecule has 2 atom stereocenters. The van der Waals surface area contributed by atoms with Crippen LogP contribution in [-0.4, -0.2) is 76.8 Å². The van der Waals surface area contributed by atoms with Gasteiger partial charge in [0, 0.05) is 17.9 Å².